The molecule has 1 heterocycles. The lowest BCUT2D eigenvalue weighted by Crippen LogP contribution is -2.26. The van der Waals surface area contributed by atoms with E-state index in [1.165, 1.54) is 5.56 Å². The Hall–Kier alpha value is -2.75. The lowest BCUT2D eigenvalue weighted by atomic mass is 10.1. The average molecular weight is 351 g/mol. The first kappa shape index (κ1) is 18.1. The molecule has 0 radical (unpaired) electrons. The topological polar surface area (TPSA) is 51.5 Å². The third kappa shape index (κ3) is 4.26. The van der Waals surface area contributed by atoms with Gasteiger partial charge in [-0.3, -0.25) is 4.79 Å². The number of rotatable bonds is 8. The highest BCUT2D eigenvalue weighted by Gasteiger charge is 2.18. The Kier molecular flexibility index (Phi) is 5.95. The monoisotopic (exact) mass is 351 g/mol. The molecule has 0 unspecified atom stereocenters. The first-order valence-corrected chi connectivity index (χ1v) is 9.17. The smallest absolute Gasteiger partial charge is 0.255 e. The number of aryl methyl sites for hydroxylation is 1. The van der Waals surface area contributed by atoms with Crippen LogP contribution < -0.4 is 10.1 Å². The van der Waals surface area contributed by atoms with Crippen molar-refractivity contribution in [3.63, 3.8) is 0 Å². The van der Waals surface area contributed by atoms with Gasteiger partial charge in [-0.25, -0.2) is 0 Å². The number of unbranched alkanes of at least 4 members (excludes halogenated alkanes) is 1. The summed E-state index contributed by atoms with van der Waals surface area (Å²) in [5, 5.41) is 3.80. The maximum atomic E-state index is 12.7. The fraction of sp³-hybridized carbons (Fsp3) is 0.318. The number of benzene rings is 2. The van der Waals surface area contributed by atoms with E-state index in [2.05, 4.69) is 24.4 Å². The molecule has 1 amide bonds. The van der Waals surface area contributed by atoms with Gasteiger partial charge in [-0.2, -0.15) is 0 Å². The molecule has 1 aromatic heterocycles. The summed E-state index contributed by atoms with van der Waals surface area (Å²) >= 11 is 0. The van der Waals surface area contributed by atoms with Gasteiger partial charge >= 0.3 is 0 Å². The molecule has 4 nitrogen and oxygen atoms in total. The summed E-state index contributed by atoms with van der Waals surface area (Å²) in [6, 6.07) is 15.8. The Labute approximate surface area is 154 Å². The molecule has 26 heavy (non-hydrogen) atoms. The van der Waals surface area contributed by atoms with Crippen LogP contribution in [0.1, 0.15) is 41.4 Å². The van der Waals surface area contributed by atoms with Crippen molar-refractivity contribution in [1.82, 2.24) is 5.32 Å². The Morgan fingerprint density at radius 1 is 1.15 bits per heavy atom. The van der Waals surface area contributed by atoms with E-state index >= 15 is 0 Å². The van der Waals surface area contributed by atoms with E-state index in [9.17, 15) is 4.79 Å². The van der Waals surface area contributed by atoms with Gasteiger partial charge in [0.1, 0.15) is 17.1 Å². The fourth-order valence-corrected chi connectivity index (χ4v) is 2.96. The van der Waals surface area contributed by atoms with E-state index in [0.717, 1.165) is 30.4 Å². The number of ether oxygens (including phenoxy) is 1. The second-order valence-electron chi connectivity index (χ2n) is 6.38. The Morgan fingerprint density at radius 2 is 1.96 bits per heavy atom. The number of amides is 1. The molecule has 0 aliphatic heterocycles. The normalized spacial score (nSPS) is 10.8. The van der Waals surface area contributed by atoms with Crippen molar-refractivity contribution in [2.24, 2.45) is 0 Å². The number of hydrogen-bond donors (Lipinski definition) is 1. The van der Waals surface area contributed by atoms with Crippen LogP contribution in [0, 0.1) is 6.92 Å². The average Bonchev–Trinajstić information content (AvgIpc) is 2.98. The van der Waals surface area contributed by atoms with Crippen LogP contribution in [0.2, 0.25) is 0 Å². The van der Waals surface area contributed by atoms with E-state index in [4.69, 9.17) is 9.15 Å². The molecule has 136 valence electrons. The molecule has 0 saturated heterocycles. The minimum Gasteiger partial charge on any atom is -0.494 e. The molecule has 3 aromatic rings. The highest BCUT2D eigenvalue weighted by atomic mass is 16.5. The minimum atomic E-state index is -0.108. The minimum absolute atomic E-state index is 0.108. The van der Waals surface area contributed by atoms with Crippen molar-refractivity contribution in [2.75, 3.05) is 13.2 Å². The SMILES string of the molecule is CCCCOc1ccc2oc(C)c(C(=O)NCCc3ccccc3)c2c1. The molecule has 2 aromatic carbocycles. The fourth-order valence-electron chi connectivity index (χ4n) is 2.96. The molecule has 1 N–H and O–H groups in total. The van der Waals surface area contributed by atoms with Gasteiger partial charge in [-0.15, -0.1) is 0 Å². The maximum Gasteiger partial charge on any atom is 0.255 e. The molecule has 0 spiro atoms. The quantitative estimate of drug-likeness (QED) is 0.588. The summed E-state index contributed by atoms with van der Waals surface area (Å²) < 4.78 is 11.5. The zero-order valence-corrected chi connectivity index (χ0v) is 15.4. The standard InChI is InChI=1S/C22H25NO3/c1-3-4-14-25-18-10-11-20-19(15-18)21(16(2)26-20)22(24)23-13-12-17-8-6-5-7-9-17/h5-11,15H,3-4,12-14H2,1-2H3,(H,23,24). The van der Waals surface area contributed by atoms with Gasteiger partial charge in [0.25, 0.3) is 5.91 Å². The lowest BCUT2D eigenvalue weighted by molar-refractivity contribution is 0.0954. The van der Waals surface area contributed by atoms with E-state index in [1.807, 2.05) is 43.3 Å². The molecular formula is C22H25NO3. The molecule has 3 rings (SSSR count). The number of nitrogens with one attached hydrogen (secondary N) is 1. The van der Waals surface area contributed by atoms with Crippen molar-refractivity contribution in [2.45, 2.75) is 33.1 Å². The van der Waals surface area contributed by atoms with E-state index in [-0.39, 0.29) is 5.91 Å². The number of furan rings is 1. The van der Waals surface area contributed by atoms with Crippen molar-refractivity contribution < 1.29 is 13.9 Å². The van der Waals surface area contributed by atoms with E-state index in [1.54, 1.807) is 0 Å². The van der Waals surface area contributed by atoms with Crippen LogP contribution in [0.15, 0.2) is 52.9 Å². The van der Waals surface area contributed by atoms with Crippen LogP contribution in [-0.4, -0.2) is 19.1 Å². The molecule has 0 aliphatic carbocycles. The first-order valence-electron chi connectivity index (χ1n) is 9.17. The van der Waals surface area contributed by atoms with Crippen molar-refractivity contribution in [3.05, 3.63) is 65.4 Å². The van der Waals surface area contributed by atoms with Gasteiger partial charge in [0.15, 0.2) is 0 Å². The van der Waals surface area contributed by atoms with Gasteiger partial charge in [-0.1, -0.05) is 43.7 Å². The highest BCUT2D eigenvalue weighted by molar-refractivity contribution is 6.07. The van der Waals surface area contributed by atoms with Crippen LogP contribution in [0.4, 0.5) is 0 Å². The molecule has 4 heteroatoms. The molecule has 0 atom stereocenters. The van der Waals surface area contributed by atoms with E-state index in [0.29, 0.717) is 30.1 Å². The van der Waals surface area contributed by atoms with Crippen LogP contribution in [0.5, 0.6) is 5.75 Å². The van der Waals surface area contributed by atoms with Crippen molar-refractivity contribution in [1.29, 1.82) is 0 Å². The van der Waals surface area contributed by atoms with Crippen molar-refractivity contribution >= 4 is 16.9 Å². The first-order chi connectivity index (χ1) is 12.7. The molecule has 0 fully saturated rings. The van der Waals surface area contributed by atoms with Crippen LogP contribution in [-0.2, 0) is 6.42 Å². The Morgan fingerprint density at radius 3 is 2.73 bits per heavy atom. The predicted molar refractivity (Wildman–Crippen MR) is 104 cm³/mol. The third-order valence-corrected chi connectivity index (χ3v) is 4.37. The number of carbonyl (C=O) groups is 1. The van der Waals surface area contributed by atoms with E-state index < -0.39 is 0 Å². The van der Waals surface area contributed by atoms with Crippen LogP contribution >= 0.6 is 0 Å². The number of hydrogen-bond acceptors (Lipinski definition) is 3. The third-order valence-electron chi connectivity index (χ3n) is 4.37. The van der Waals surface area contributed by atoms with Gasteiger partial charge < -0.3 is 14.5 Å². The zero-order valence-electron chi connectivity index (χ0n) is 15.4. The maximum absolute atomic E-state index is 12.7. The summed E-state index contributed by atoms with van der Waals surface area (Å²) in [7, 11) is 0. The predicted octanol–water partition coefficient (Wildman–Crippen LogP) is 4.89. The Bertz CT molecular complexity index is 868. The summed E-state index contributed by atoms with van der Waals surface area (Å²) in [5.41, 5.74) is 2.50. The zero-order chi connectivity index (χ0) is 18.4. The van der Waals surface area contributed by atoms with Gasteiger partial charge in [0, 0.05) is 11.9 Å². The van der Waals surface area contributed by atoms with Gasteiger partial charge in [0.2, 0.25) is 0 Å². The molecular weight excluding hydrogens is 326 g/mol. The van der Waals surface area contributed by atoms with Crippen LogP contribution in [0.25, 0.3) is 11.0 Å². The van der Waals surface area contributed by atoms with Crippen molar-refractivity contribution in [3.8, 4) is 5.75 Å². The Balaban J connectivity index is 1.71. The summed E-state index contributed by atoms with van der Waals surface area (Å²) in [6.45, 7) is 5.21. The van der Waals surface area contributed by atoms with Crippen LogP contribution in [0.3, 0.4) is 0 Å². The molecule has 0 bridgehead atoms. The second kappa shape index (κ2) is 8.56. The molecule has 0 saturated carbocycles. The second-order valence-corrected chi connectivity index (χ2v) is 6.38. The highest BCUT2D eigenvalue weighted by Crippen LogP contribution is 2.29. The molecule has 0 aliphatic rings. The van der Waals surface area contributed by atoms with Gasteiger partial charge in [-0.05, 0) is 43.5 Å². The number of carbonyl (C=O) groups excluding carboxylic acids is 1. The lowest BCUT2D eigenvalue weighted by Gasteiger charge is -2.07. The summed E-state index contributed by atoms with van der Waals surface area (Å²) in [4.78, 5) is 12.7. The van der Waals surface area contributed by atoms with Gasteiger partial charge in [0.05, 0.1) is 12.2 Å². The summed E-state index contributed by atoms with van der Waals surface area (Å²) in [5.74, 6) is 1.29. The number of fused-ring (bicyclic) bond motifs is 1. The summed E-state index contributed by atoms with van der Waals surface area (Å²) in [6.07, 6.45) is 2.89. The largest absolute Gasteiger partial charge is 0.494 e.